The number of methoxy groups -OCH3 is 2. The highest BCUT2D eigenvalue weighted by Gasteiger charge is 2.21. The zero-order valence-corrected chi connectivity index (χ0v) is 18.5. The van der Waals surface area contributed by atoms with Gasteiger partial charge in [-0.2, -0.15) is 4.98 Å². The normalized spacial score (nSPS) is 14.5. The quantitative estimate of drug-likeness (QED) is 0.537. The molecule has 0 radical (unpaired) electrons. The number of aromatic nitrogens is 2. The van der Waals surface area contributed by atoms with Gasteiger partial charge in [0.1, 0.15) is 12.4 Å². The van der Waals surface area contributed by atoms with Crippen molar-refractivity contribution in [2.45, 2.75) is 19.6 Å². The summed E-state index contributed by atoms with van der Waals surface area (Å²) in [7, 11) is 3.23. The summed E-state index contributed by atoms with van der Waals surface area (Å²) in [5, 5.41) is 3.99. The third-order valence-electron chi connectivity index (χ3n) is 5.57. The van der Waals surface area contributed by atoms with Crippen molar-refractivity contribution >= 4 is 5.91 Å². The number of hydrogen-bond acceptors (Lipinski definition) is 7. The van der Waals surface area contributed by atoms with E-state index in [1.54, 1.807) is 14.2 Å². The van der Waals surface area contributed by atoms with Gasteiger partial charge in [0.25, 0.3) is 5.89 Å². The molecule has 0 unspecified atom stereocenters. The van der Waals surface area contributed by atoms with Crippen molar-refractivity contribution in [3.63, 3.8) is 0 Å². The van der Waals surface area contributed by atoms with Crippen LogP contribution >= 0.6 is 0 Å². The highest BCUT2D eigenvalue weighted by Crippen LogP contribution is 2.19. The molecule has 1 aliphatic heterocycles. The highest BCUT2D eigenvalue weighted by atomic mass is 16.5. The van der Waals surface area contributed by atoms with Crippen LogP contribution < -0.4 is 4.74 Å². The lowest BCUT2D eigenvalue weighted by Crippen LogP contribution is -2.48. The van der Waals surface area contributed by atoms with Crippen molar-refractivity contribution < 1.29 is 18.8 Å². The van der Waals surface area contributed by atoms with Gasteiger partial charge in [0.05, 0.1) is 13.5 Å². The summed E-state index contributed by atoms with van der Waals surface area (Å²) in [5.41, 5.74) is 3.10. The Labute approximate surface area is 187 Å². The summed E-state index contributed by atoms with van der Waals surface area (Å²) in [5.74, 6) is 1.97. The highest BCUT2D eigenvalue weighted by molar-refractivity contribution is 5.79. The third-order valence-corrected chi connectivity index (χ3v) is 5.57. The van der Waals surface area contributed by atoms with Gasteiger partial charge in [-0.25, -0.2) is 0 Å². The molecule has 1 aliphatic rings. The molecule has 2 heterocycles. The van der Waals surface area contributed by atoms with Gasteiger partial charge in [0, 0.05) is 45.4 Å². The minimum atomic E-state index is 0.162. The first-order chi connectivity index (χ1) is 15.6. The van der Waals surface area contributed by atoms with E-state index in [1.165, 1.54) is 5.56 Å². The molecule has 0 spiro atoms. The van der Waals surface area contributed by atoms with Crippen LogP contribution in [0.1, 0.15) is 17.0 Å². The van der Waals surface area contributed by atoms with E-state index in [4.69, 9.17) is 14.0 Å². The largest absolute Gasteiger partial charge is 0.497 e. The standard InChI is InChI=1S/C24H28N4O4/c1-30-17-22-25-24(26-32-22)20-8-6-18(7-9-20)16-27-10-12-28(13-11-27)23(29)15-19-4-3-5-21(14-19)31-2/h3-9,14H,10-13,15-17H2,1-2H3. The number of rotatable bonds is 8. The Morgan fingerprint density at radius 2 is 1.81 bits per heavy atom. The molecule has 168 valence electrons. The van der Waals surface area contributed by atoms with Crippen LogP contribution in [0.2, 0.25) is 0 Å². The molecule has 3 aromatic rings. The van der Waals surface area contributed by atoms with Gasteiger partial charge in [-0.05, 0) is 23.3 Å². The topological polar surface area (TPSA) is 80.9 Å². The molecule has 2 aromatic carbocycles. The maximum Gasteiger partial charge on any atom is 0.252 e. The van der Waals surface area contributed by atoms with Crippen LogP contribution in [0.5, 0.6) is 5.75 Å². The molecule has 1 fully saturated rings. The molecule has 4 rings (SSSR count). The molecule has 8 heteroatoms. The first-order valence-corrected chi connectivity index (χ1v) is 10.7. The number of benzene rings is 2. The van der Waals surface area contributed by atoms with E-state index in [0.717, 1.165) is 49.6 Å². The van der Waals surface area contributed by atoms with E-state index < -0.39 is 0 Å². The average molecular weight is 437 g/mol. The summed E-state index contributed by atoms with van der Waals surface area (Å²) >= 11 is 0. The molecular weight excluding hydrogens is 408 g/mol. The van der Waals surface area contributed by atoms with Crippen LogP contribution in [-0.4, -0.2) is 66.2 Å². The second kappa shape index (κ2) is 10.4. The number of hydrogen-bond donors (Lipinski definition) is 0. The molecule has 1 amide bonds. The summed E-state index contributed by atoms with van der Waals surface area (Å²) in [4.78, 5) is 21.3. The minimum Gasteiger partial charge on any atom is -0.497 e. The van der Waals surface area contributed by atoms with Crippen LogP contribution in [0.4, 0.5) is 0 Å². The second-order valence-electron chi connectivity index (χ2n) is 7.83. The Balaban J connectivity index is 1.26. The van der Waals surface area contributed by atoms with E-state index in [-0.39, 0.29) is 5.91 Å². The van der Waals surface area contributed by atoms with E-state index in [2.05, 4.69) is 27.2 Å². The van der Waals surface area contributed by atoms with E-state index in [1.807, 2.05) is 41.3 Å². The SMILES string of the molecule is COCc1nc(-c2ccc(CN3CCN(C(=O)Cc4cccc(OC)c4)CC3)cc2)no1. The predicted octanol–water partition coefficient (Wildman–Crippen LogP) is 2.78. The third kappa shape index (κ3) is 5.52. The van der Waals surface area contributed by atoms with Crippen LogP contribution in [0.3, 0.4) is 0 Å². The lowest BCUT2D eigenvalue weighted by atomic mass is 10.1. The molecule has 8 nitrogen and oxygen atoms in total. The fraction of sp³-hybridized carbons (Fsp3) is 0.375. The van der Waals surface area contributed by atoms with Gasteiger partial charge in [0.2, 0.25) is 11.7 Å². The van der Waals surface area contributed by atoms with Crippen molar-refractivity contribution in [3.05, 3.63) is 65.5 Å². The summed E-state index contributed by atoms with van der Waals surface area (Å²) in [6, 6.07) is 15.9. The molecule has 32 heavy (non-hydrogen) atoms. The smallest absolute Gasteiger partial charge is 0.252 e. The van der Waals surface area contributed by atoms with E-state index in [0.29, 0.717) is 24.7 Å². The Bertz CT molecular complexity index is 1030. The van der Waals surface area contributed by atoms with Crippen LogP contribution in [0.25, 0.3) is 11.4 Å². The summed E-state index contributed by atoms with van der Waals surface area (Å²) in [6.45, 7) is 4.35. The molecular formula is C24H28N4O4. The van der Waals surface area contributed by atoms with Crippen molar-refractivity contribution in [3.8, 4) is 17.1 Å². The lowest BCUT2D eigenvalue weighted by Gasteiger charge is -2.35. The molecule has 0 aliphatic carbocycles. The molecule has 1 saturated heterocycles. The van der Waals surface area contributed by atoms with Gasteiger partial charge in [0.15, 0.2) is 0 Å². The van der Waals surface area contributed by atoms with Gasteiger partial charge < -0.3 is 18.9 Å². The maximum atomic E-state index is 12.7. The lowest BCUT2D eigenvalue weighted by molar-refractivity contribution is -0.132. The van der Waals surface area contributed by atoms with Crippen LogP contribution in [-0.2, 0) is 29.1 Å². The average Bonchev–Trinajstić information content (AvgIpc) is 3.29. The van der Waals surface area contributed by atoms with Crippen molar-refractivity contribution in [2.24, 2.45) is 0 Å². The monoisotopic (exact) mass is 436 g/mol. The Kier molecular flexibility index (Phi) is 7.14. The summed E-state index contributed by atoms with van der Waals surface area (Å²) < 4.78 is 15.4. The van der Waals surface area contributed by atoms with Gasteiger partial charge in [-0.15, -0.1) is 0 Å². The Morgan fingerprint density at radius 3 is 2.53 bits per heavy atom. The number of carbonyl (C=O) groups is 1. The molecule has 0 bridgehead atoms. The Morgan fingerprint density at radius 1 is 1.03 bits per heavy atom. The number of ether oxygens (including phenoxy) is 2. The van der Waals surface area contributed by atoms with Crippen LogP contribution in [0.15, 0.2) is 53.1 Å². The fourth-order valence-corrected chi connectivity index (χ4v) is 3.80. The molecule has 0 N–H and O–H groups in total. The molecule has 1 aromatic heterocycles. The first-order valence-electron chi connectivity index (χ1n) is 10.7. The fourth-order valence-electron chi connectivity index (χ4n) is 3.80. The zero-order valence-electron chi connectivity index (χ0n) is 18.5. The minimum absolute atomic E-state index is 0.162. The van der Waals surface area contributed by atoms with Gasteiger partial charge >= 0.3 is 0 Å². The van der Waals surface area contributed by atoms with Crippen LogP contribution in [0, 0.1) is 0 Å². The van der Waals surface area contributed by atoms with E-state index >= 15 is 0 Å². The van der Waals surface area contributed by atoms with Crippen molar-refractivity contribution in [1.82, 2.24) is 19.9 Å². The molecule has 0 atom stereocenters. The van der Waals surface area contributed by atoms with Gasteiger partial charge in [-0.1, -0.05) is 41.6 Å². The van der Waals surface area contributed by atoms with E-state index in [9.17, 15) is 4.79 Å². The summed E-state index contributed by atoms with van der Waals surface area (Å²) in [6.07, 6.45) is 0.404. The first kappa shape index (κ1) is 22.0. The zero-order chi connectivity index (χ0) is 22.3. The maximum absolute atomic E-state index is 12.7. The number of amides is 1. The van der Waals surface area contributed by atoms with Crippen molar-refractivity contribution in [2.75, 3.05) is 40.4 Å². The van der Waals surface area contributed by atoms with Gasteiger partial charge in [-0.3, -0.25) is 9.69 Å². The Hall–Kier alpha value is -3.23. The number of nitrogens with zero attached hydrogens (tertiary/aromatic N) is 4. The number of piperazine rings is 1. The second-order valence-corrected chi connectivity index (χ2v) is 7.83. The molecule has 0 saturated carbocycles. The predicted molar refractivity (Wildman–Crippen MR) is 119 cm³/mol. The van der Waals surface area contributed by atoms with Crippen molar-refractivity contribution in [1.29, 1.82) is 0 Å². The number of carbonyl (C=O) groups excluding carboxylic acids is 1.